The van der Waals surface area contributed by atoms with E-state index in [1.54, 1.807) is 9.25 Å². The molecule has 1 N–H and O–H groups in total. The van der Waals surface area contributed by atoms with Crippen LogP contribution in [0.1, 0.15) is 38.6 Å². The molecule has 3 rings (SSSR count). The van der Waals surface area contributed by atoms with E-state index in [4.69, 9.17) is 5.11 Å². The second kappa shape index (κ2) is 7.85. The van der Waals surface area contributed by atoms with E-state index < -0.39 is 6.09 Å². The number of amides is 1. The van der Waals surface area contributed by atoms with Gasteiger partial charge in [-0.05, 0) is 51.0 Å². The van der Waals surface area contributed by atoms with E-state index in [1.165, 1.54) is 4.90 Å². The SMILES string of the molecule is CCC(C)n1nc(C)n(-c2ccc(N3CCCN(C(=O)O)CC3)cc2)c1=O. The predicted octanol–water partition coefficient (Wildman–Crippen LogP) is 2.50. The molecular weight excluding hydrogens is 346 g/mol. The lowest BCUT2D eigenvalue weighted by Gasteiger charge is -2.23. The lowest BCUT2D eigenvalue weighted by molar-refractivity contribution is 0.148. The Morgan fingerprint density at radius 1 is 1.15 bits per heavy atom. The van der Waals surface area contributed by atoms with E-state index in [1.807, 2.05) is 45.0 Å². The highest BCUT2D eigenvalue weighted by Crippen LogP contribution is 2.20. The first-order valence-corrected chi connectivity index (χ1v) is 9.43. The minimum atomic E-state index is -0.861. The monoisotopic (exact) mass is 373 g/mol. The molecule has 27 heavy (non-hydrogen) atoms. The van der Waals surface area contributed by atoms with Gasteiger partial charge in [0.25, 0.3) is 0 Å². The number of nitrogens with zero attached hydrogens (tertiary/aromatic N) is 5. The molecule has 1 aliphatic rings. The Labute approximate surface area is 158 Å². The maximum Gasteiger partial charge on any atom is 0.407 e. The van der Waals surface area contributed by atoms with Gasteiger partial charge in [-0.3, -0.25) is 0 Å². The van der Waals surface area contributed by atoms with Crippen LogP contribution in [0.5, 0.6) is 0 Å². The summed E-state index contributed by atoms with van der Waals surface area (Å²) in [5.74, 6) is 0.667. The van der Waals surface area contributed by atoms with Gasteiger partial charge < -0.3 is 14.9 Å². The van der Waals surface area contributed by atoms with Crippen molar-refractivity contribution < 1.29 is 9.90 Å². The van der Waals surface area contributed by atoms with Crippen LogP contribution in [0, 0.1) is 6.92 Å². The molecule has 1 unspecified atom stereocenters. The zero-order valence-electron chi connectivity index (χ0n) is 16.1. The van der Waals surface area contributed by atoms with E-state index >= 15 is 0 Å². The number of aryl methyl sites for hydroxylation is 1. The second-order valence-electron chi connectivity index (χ2n) is 6.99. The highest BCUT2D eigenvalue weighted by molar-refractivity contribution is 5.65. The van der Waals surface area contributed by atoms with Gasteiger partial charge in [0.05, 0.1) is 11.7 Å². The molecule has 1 fully saturated rings. The molecule has 0 spiro atoms. The Balaban J connectivity index is 1.81. The van der Waals surface area contributed by atoms with Crippen LogP contribution in [0.2, 0.25) is 0 Å². The maximum atomic E-state index is 12.7. The van der Waals surface area contributed by atoms with Crippen LogP contribution in [-0.2, 0) is 0 Å². The van der Waals surface area contributed by atoms with Gasteiger partial charge in [-0.2, -0.15) is 5.10 Å². The number of aromatic nitrogens is 3. The third-order valence-electron chi connectivity index (χ3n) is 5.21. The Bertz CT molecular complexity index is 855. The Hall–Kier alpha value is -2.77. The van der Waals surface area contributed by atoms with Gasteiger partial charge in [0, 0.05) is 31.9 Å². The van der Waals surface area contributed by atoms with Crippen molar-refractivity contribution in [3.63, 3.8) is 0 Å². The zero-order chi connectivity index (χ0) is 19.6. The molecule has 146 valence electrons. The lowest BCUT2D eigenvalue weighted by Crippen LogP contribution is -2.34. The van der Waals surface area contributed by atoms with E-state index in [-0.39, 0.29) is 11.7 Å². The number of carbonyl (C=O) groups is 1. The smallest absolute Gasteiger partial charge is 0.407 e. The van der Waals surface area contributed by atoms with Crippen LogP contribution >= 0.6 is 0 Å². The molecule has 2 heterocycles. The first-order valence-electron chi connectivity index (χ1n) is 9.43. The van der Waals surface area contributed by atoms with Gasteiger partial charge in [-0.1, -0.05) is 6.92 Å². The molecule has 0 bridgehead atoms. The fraction of sp³-hybridized carbons (Fsp3) is 0.526. The van der Waals surface area contributed by atoms with Gasteiger partial charge in [-0.25, -0.2) is 18.8 Å². The number of benzene rings is 1. The molecule has 8 heteroatoms. The molecule has 8 nitrogen and oxygen atoms in total. The summed E-state index contributed by atoms with van der Waals surface area (Å²) in [7, 11) is 0. The standard InChI is InChI=1S/C19H27N5O3/c1-4-14(2)24-18(25)23(15(3)20-24)17-8-6-16(7-9-17)21-10-5-11-22(13-12-21)19(26)27/h6-9,14H,4-5,10-13H2,1-3H3,(H,26,27). The summed E-state index contributed by atoms with van der Waals surface area (Å²) in [5, 5.41) is 13.6. The van der Waals surface area contributed by atoms with Crippen molar-refractivity contribution >= 4 is 11.8 Å². The molecular formula is C19H27N5O3. The predicted molar refractivity (Wildman–Crippen MR) is 104 cm³/mol. The molecule has 1 saturated heterocycles. The summed E-state index contributed by atoms with van der Waals surface area (Å²) in [5.41, 5.74) is 1.70. The van der Waals surface area contributed by atoms with Gasteiger partial charge in [0.15, 0.2) is 0 Å². The first-order chi connectivity index (χ1) is 12.9. The fourth-order valence-electron chi connectivity index (χ4n) is 3.42. The van der Waals surface area contributed by atoms with Crippen LogP contribution in [0.25, 0.3) is 5.69 Å². The largest absolute Gasteiger partial charge is 0.465 e. The summed E-state index contributed by atoms with van der Waals surface area (Å²) in [6.07, 6.45) is 0.784. The number of carboxylic acid groups (broad SMARTS) is 1. The molecule has 0 aliphatic carbocycles. The third kappa shape index (κ3) is 3.84. The summed E-state index contributed by atoms with van der Waals surface area (Å²) in [4.78, 5) is 27.5. The van der Waals surface area contributed by atoms with Crippen molar-refractivity contribution in [2.75, 3.05) is 31.1 Å². The first kappa shape index (κ1) is 19.0. The van der Waals surface area contributed by atoms with Crippen molar-refractivity contribution in [1.82, 2.24) is 19.2 Å². The van der Waals surface area contributed by atoms with Crippen LogP contribution in [-0.4, -0.2) is 56.6 Å². The second-order valence-corrected chi connectivity index (χ2v) is 6.99. The van der Waals surface area contributed by atoms with Crippen molar-refractivity contribution in [1.29, 1.82) is 0 Å². The maximum absolute atomic E-state index is 12.7. The molecule has 1 amide bonds. The summed E-state index contributed by atoms with van der Waals surface area (Å²) in [6.45, 7) is 8.40. The normalized spacial score (nSPS) is 16.3. The number of anilines is 1. The van der Waals surface area contributed by atoms with E-state index in [2.05, 4.69) is 10.00 Å². The fourth-order valence-corrected chi connectivity index (χ4v) is 3.42. The number of rotatable bonds is 4. The van der Waals surface area contributed by atoms with E-state index in [9.17, 15) is 9.59 Å². The molecule has 2 aromatic rings. The minimum absolute atomic E-state index is 0.0611. The molecule has 1 aliphatic heterocycles. The van der Waals surface area contributed by atoms with Crippen molar-refractivity contribution in [3.8, 4) is 5.69 Å². The average molecular weight is 373 g/mol. The Morgan fingerprint density at radius 3 is 2.44 bits per heavy atom. The van der Waals surface area contributed by atoms with Crippen LogP contribution in [0.4, 0.5) is 10.5 Å². The summed E-state index contributed by atoms with van der Waals surface area (Å²) in [6, 6.07) is 7.88. The summed E-state index contributed by atoms with van der Waals surface area (Å²) < 4.78 is 3.17. The van der Waals surface area contributed by atoms with Crippen molar-refractivity contribution in [2.24, 2.45) is 0 Å². The van der Waals surface area contributed by atoms with Gasteiger partial charge in [-0.15, -0.1) is 0 Å². The molecule has 0 saturated carbocycles. The molecule has 0 radical (unpaired) electrons. The van der Waals surface area contributed by atoms with E-state index in [0.29, 0.717) is 25.5 Å². The topological polar surface area (TPSA) is 83.6 Å². The van der Waals surface area contributed by atoms with Gasteiger partial charge in [0.2, 0.25) is 0 Å². The van der Waals surface area contributed by atoms with Crippen LogP contribution in [0.15, 0.2) is 29.1 Å². The Kier molecular flexibility index (Phi) is 5.53. The number of hydrogen-bond acceptors (Lipinski definition) is 4. The van der Waals surface area contributed by atoms with Gasteiger partial charge >= 0.3 is 11.8 Å². The summed E-state index contributed by atoms with van der Waals surface area (Å²) >= 11 is 0. The van der Waals surface area contributed by atoms with Crippen molar-refractivity contribution in [2.45, 2.75) is 39.7 Å². The quantitative estimate of drug-likeness (QED) is 0.890. The number of hydrogen-bond donors (Lipinski definition) is 1. The minimum Gasteiger partial charge on any atom is -0.465 e. The average Bonchev–Trinajstić information content (AvgIpc) is 2.84. The lowest BCUT2D eigenvalue weighted by atomic mass is 10.2. The van der Waals surface area contributed by atoms with E-state index in [0.717, 1.165) is 30.8 Å². The van der Waals surface area contributed by atoms with Crippen molar-refractivity contribution in [3.05, 3.63) is 40.6 Å². The van der Waals surface area contributed by atoms with Gasteiger partial charge in [0.1, 0.15) is 5.82 Å². The molecule has 1 atom stereocenters. The third-order valence-corrected chi connectivity index (χ3v) is 5.21. The Morgan fingerprint density at radius 2 is 1.81 bits per heavy atom. The molecule has 1 aromatic heterocycles. The zero-order valence-corrected chi connectivity index (χ0v) is 16.1. The van der Waals surface area contributed by atoms with Crippen LogP contribution in [0.3, 0.4) is 0 Å². The van der Waals surface area contributed by atoms with Crippen LogP contribution < -0.4 is 10.6 Å². The molecule has 1 aromatic carbocycles. The highest BCUT2D eigenvalue weighted by Gasteiger charge is 2.19. The highest BCUT2D eigenvalue weighted by atomic mass is 16.4.